The fraction of sp³-hybridized carbons (Fsp3) is 0.429. The van der Waals surface area contributed by atoms with E-state index >= 15 is 0 Å². The summed E-state index contributed by atoms with van der Waals surface area (Å²) in [6.45, 7) is 3.48. The Morgan fingerprint density at radius 2 is 2.10 bits per heavy atom. The molecule has 0 saturated heterocycles. The van der Waals surface area contributed by atoms with Crippen molar-refractivity contribution >= 4 is 11.6 Å². The summed E-state index contributed by atoms with van der Waals surface area (Å²) in [5, 5.41) is 12.0. The first-order chi connectivity index (χ1) is 9.74. The molecule has 0 amide bonds. The molecule has 0 fully saturated rings. The minimum absolute atomic E-state index is 0.0484. The van der Waals surface area contributed by atoms with Gasteiger partial charge in [-0.1, -0.05) is 23.7 Å². The molecule has 0 aliphatic carbocycles. The van der Waals surface area contributed by atoms with Crippen molar-refractivity contribution in [1.82, 2.24) is 20.3 Å². The molecule has 0 radical (unpaired) electrons. The summed E-state index contributed by atoms with van der Waals surface area (Å²) in [5.74, 6) is 0.796. The zero-order chi connectivity index (χ0) is 14.4. The van der Waals surface area contributed by atoms with Crippen LogP contribution in [0.3, 0.4) is 0 Å². The summed E-state index contributed by atoms with van der Waals surface area (Å²) in [6, 6.07) is 7.39. The van der Waals surface area contributed by atoms with Crippen molar-refractivity contribution < 1.29 is 4.74 Å². The Morgan fingerprint density at radius 1 is 1.35 bits per heavy atom. The molecule has 1 unspecified atom stereocenters. The molecule has 0 saturated carbocycles. The number of hydrogen-bond donors (Lipinski definition) is 1. The van der Waals surface area contributed by atoms with Crippen LogP contribution in [0.2, 0.25) is 5.02 Å². The van der Waals surface area contributed by atoms with Gasteiger partial charge in [-0.3, -0.25) is 0 Å². The first kappa shape index (κ1) is 14.8. The number of benzene rings is 1. The average Bonchev–Trinajstić information content (AvgIpc) is 2.90. The van der Waals surface area contributed by atoms with Crippen molar-refractivity contribution in [1.29, 1.82) is 0 Å². The van der Waals surface area contributed by atoms with Crippen molar-refractivity contribution in [2.45, 2.75) is 25.9 Å². The van der Waals surface area contributed by atoms with Crippen LogP contribution in [0.25, 0.3) is 0 Å². The molecule has 1 N–H and O–H groups in total. The molecule has 2 rings (SSSR count). The molecule has 1 aromatic heterocycles. The van der Waals surface area contributed by atoms with Crippen LogP contribution in [0.5, 0.6) is 5.75 Å². The van der Waals surface area contributed by atoms with Crippen LogP contribution in [0, 0.1) is 0 Å². The molecule has 0 bridgehead atoms. The van der Waals surface area contributed by atoms with Crippen LogP contribution < -0.4 is 10.1 Å². The lowest BCUT2D eigenvalue weighted by Crippen LogP contribution is -2.26. The van der Waals surface area contributed by atoms with Crippen LogP contribution in [0.1, 0.15) is 25.1 Å². The van der Waals surface area contributed by atoms with E-state index in [1.165, 1.54) is 0 Å². The lowest BCUT2D eigenvalue weighted by atomic mass is 10.2. The Kier molecular flexibility index (Phi) is 5.38. The third-order valence-electron chi connectivity index (χ3n) is 3.02. The van der Waals surface area contributed by atoms with E-state index < -0.39 is 0 Å². The van der Waals surface area contributed by atoms with Crippen LogP contribution in [0.15, 0.2) is 30.5 Å². The number of aryl methyl sites for hydroxylation is 1. The van der Waals surface area contributed by atoms with Gasteiger partial charge in [-0.05, 0) is 37.7 Å². The molecule has 6 heteroatoms. The Morgan fingerprint density at radius 3 is 2.75 bits per heavy atom. The maximum absolute atomic E-state index is 5.85. The molecule has 0 spiro atoms. The summed E-state index contributed by atoms with van der Waals surface area (Å²) < 4.78 is 7.69. The lowest BCUT2D eigenvalue weighted by molar-refractivity contribution is 0.265. The zero-order valence-corrected chi connectivity index (χ0v) is 12.5. The van der Waals surface area contributed by atoms with Crippen LogP contribution in [-0.4, -0.2) is 28.6 Å². The second-order valence-electron chi connectivity index (χ2n) is 4.49. The van der Waals surface area contributed by atoms with Gasteiger partial charge in [-0.2, -0.15) is 0 Å². The highest BCUT2D eigenvalue weighted by atomic mass is 35.5. The highest BCUT2D eigenvalue weighted by Crippen LogP contribution is 2.18. The maximum atomic E-state index is 5.85. The Balaban J connectivity index is 2.01. The fourth-order valence-corrected chi connectivity index (χ4v) is 2.07. The highest BCUT2D eigenvalue weighted by Gasteiger charge is 2.15. The van der Waals surface area contributed by atoms with Gasteiger partial charge in [0.2, 0.25) is 0 Å². The standard InChI is InChI=1S/C14H19ClN4O/c1-3-8-19-14(9-17-18-19)13(16-2)10-20-12-6-4-11(15)5-7-12/h4-7,9,13,16H,3,8,10H2,1-2H3. The third-order valence-corrected chi connectivity index (χ3v) is 3.27. The normalized spacial score (nSPS) is 12.3. The molecular weight excluding hydrogens is 276 g/mol. The molecule has 1 atom stereocenters. The predicted octanol–water partition coefficient (Wildman–Crippen LogP) is 2.68. The predicted molar refractivity (Wildman–Crippen MR) is 79.1 cm³/mol. The number of halogens is 1. The zero-order valence-electron chi connectivity index (χ0n) is 11.7. The summed E-state index contributed by atoms with van der Waals surface area (Å²) >= 11 is 5.85. The van der Waals surface area contributed by atoms with E-state index in [2.05, 4.69) is 22.6 Å². The monoisotopic (exact) mass is 294 g/mol. The van der Waals surface area contributed by atoms with Crippen molar-refractivity contribution in [3.8, 4) is 5.75 Å². The molecule has 0 aliphatic heterocycles. The van der Waals surface area contributed by atoms with Crippen molar-refractivity contribution in [3.63, 3.8) is 0 Å². The smallest absolute Gasteiger partial charge is 0.119 e. The summed E-state index contributed by atoms with van der Waals surface area (Å²) in [6.07, 6.45) is 2.80. The maximum Gasteiger partial charge on any atom is 0.119 e. The number of aromatic nitrogens is 3. The second-order valence-corrected chi connectivity index (χ2v) is 4.92. The summed E-state index contributed by atoms with van der Waals surface area (Å²) in [7, 11) is 1.90. The Hall–Kier alpha value is -1.59. The summed E-state index contributed by atoms with van der Waals surface area (Å²) in [4.78, 5) is 0. The van der Waals surface area contributed by atoms with E-state index in [9.17, 15) is 0 Å². The molecule has 5 nitrogen and oxygen atoms in total. The molecule has 1 heterocycles. The van der Waals surface area contributed by atoms with Crippen molar-refractivity contribution in [2.75, 3.05) is 13.7 Å². The van der Waals surface area contributed by atoms with Gasteiger partial charge in [0.05, 0.1) is 17.9 Å². The van der Waals surface area contributed by atoms with Crippen molar-refractivity contribution in [3.05, 3.63) is 41.2 Å². The molecule has 1 aromatic carbocycles. The fourth-order valence-electron chi connectivity index (χ4n) is 1.95. The SMILES string of the molecule is CCCn1nncc1C(COc1ccc(Cl)cc1)NC. The van der Waals surface area contributed by atoms with Crippen LogP contribution in [0.4, 0.5) is 0 Å². The van der Waals surface area contributed by atoms with Gasteiger partial charge in [0.15, 0.2) is 0 Å². The third kappa shape index (κ3) is 3.71. The van der Waals surface area contributed by atoms with Crippen molar-refractivity contribution in [2.24, 2.45) is 0 Å². The molecule has 2 aromatic rings. The van der Waals surface area contributed by atoms with Crippen LogP contribution in [-0.2, 0) is 6.54 Å². The molecule has 108 valence electrons. The van der Waals surface area contributed by atoms with Gasteiger partial charge >= 0.3 is 0 Å². The van der Waals surface area contributed by atoms with E-state index in [0.29, 0.717) is 11.6 Å². The second kappa shape index (κ2) is 7.26. The van der Waals surface area contributed by atoms with Gasteiger partial charge in [0.1, 0.15) is 12.4 Å². The van der Waals surface area contributed by atoms with Crippen LogP contribution >= 0.6 is 11.6 Å². The molecule has 0 aliphatic rings. The van der Waals surface area contributed by atoms with Gasteiger partial charge in [-0.15, -0.1) is 5.10 Å². The number of nitrogens with zero attached hydrogens (tertiary/aromatic N) is 3. The number of nitrogens with one attached hydrogen (secondary N) is 1. The number of rotatable bonds is 7. The van der Waals surface area contributed by atoms with Gasteiger partial charge in [-0.25, -0.2) is 4.68 Å². The van der Waals surface area contributed by atoms with Gasteiger partial charge in [0.25, 0.3) is 0 Å². The minimum Gasteiger partial charge on any atom is -0.492 e. The van der Waals surface area contributed by atoms with E-state index in [0.717, 1.165) is 24.4 Å². The average molecular weight is 295 g/mol. The van der Waals surface area contributed by atoms with E-state index in [1.54, 1.807) is 6.20 Å². The lowest BCUT2D eigenvalue weighted by Gasteiger charge is -2.17. The molecule has 20 heavy (non-hydrogen) atoms. The Bertz CT molecular complexity index is 526. The van der Waals surface area contributed by atoms with Gasteiger partial charge in [0, 0.05) is 11.6 Å². The largest absolute Gasteiger partial charge is 0.492 e. The number of ether oxygens (including phenoxy) is 1. The number of likely N-dealkylation sites (N-methyl/N-ethyl adjacent to an activating group) is 1. The van der Waals surface area contributed by atoms with E-state index in [-0.39, 0.29) is 6.04 Å². The first-order valence-corrected chi connectivity index (χ1v) is 7.06. The summed E-state index contributed by atoms with van der Waals surface area (Å²) in [5.41, 5.74) is 1.03. The highest BCUT2D eigenvalue weighted by molar-refractivity contribution is 6.30. The topological polar surface area (TPSA) is 52.0 Å². The molecular formula is C14H19ClN4O. The van der Waals surface area contributed by atoms with Gasteiger partial charge < -0.3 is 10.1 Å². The minimum atomic E-state index is 0.0484. The first-order valence-electron chi connectivity index (χ1n) is 6.68. The Labute approximate surface area is 123 Å². The van der Waals surface area contributed by atoms with E-state index in [1.807, 2.05) is 36.0 Å². The quantitative estimate of drug-likeness (QED) is 0.853. The number of hydrogen-bond acceptors (Lipinski definition) is 4. The van der Waals surface area contributed by atoms with E-state index in [4.69, 9.17) is 16.3 Å².